The highest BCUT2D eigenvalue weighted by molar-refractivity contribution is 7.12. The molecule has 2 rings (SSSR count). The first-order valence-corrected chi connectivity index (χ1v) is 5.83. The van der Waals surface area contributed by atoms with Crippen molar-refractivity contribution in [1.82, 2.24) is 4.98 Å². The number of benzene rings is 1. The first kappa shape index (κ1) is 11.6. The van der Waals surface area contributed by atoms with Crippen molar-refractivity contribution in [3.05, 3.63) is 34.2 Å². The fraction of sp³-hybridized carbons (Fsp3) is 0.167. The van der Waals surface area contributed by atoms with Crippen molar-refractivity contribution in [2.24, 2.45) is 0 Å². The maximum atomic E-state index is 11.0. The topological polar surface area (TPSA) is 59.4 Å². The number of carboxylic acid groups (broad SMARTS) is 1. The Bertz CT molecular complexity index is 563. The first-order valence-electron chi connectivity index (χ1n) is 4.95. The number of carboxylic acids is 1. The van der Waals surface area contributed by atoms with Crippen LogP contribution in [-0.4, -0.2) is 23.2 Å². The van der Waals surface area contributed by atoms with E-state index < -0.39 is 5.97 Å². The van der Waals surface area contributed by atoms with Crippen molar-refractivity contribution in [1.29, 1.82) is 0 Å². The molecule has 0 saturated carbocycles. The number of rotatable bonds is 3. The summed E-state index contributed by atoms with van der Waals surface area (Å²) in [5, 5.41) is 9.05. The Labute approximate surface area is 103 Å². The van der Waals surface area contributed by atoms with Gasteiger partial charge in [0.05, 0.1) is 18.3 Å². The third kappa shape index (κ3) is 2.14. The van der Waals surface area contributed by atoms with Gasteiger partial charge in [-0.1, -0.05) is 0 Å². The molecule has 0 fully saturated rings. The summed E-state index contributed by atoms with van der Waals surface area (Å²) >= 11 is 1.13. The van der Waals surface area contributed by atoms with E-state index in [9.17, 15) is 4.79 Å². The van der Waals surface area contributed by atoms with Crippen LogP contribution in [0, 0.1) is 6.92 Å². The molecule has 1 heterocycles. The lowest BCUT2D eigenvalue weighted by atomic mass is 10.0. The minimum absolute atomic E-state index is 0.262. The molecule has 1 N–H and O–H groups in total. The van der Waals surface area contributed by atoms with Crippen LogP contribution in [0.2, 0.25) is 0 Å². The Kier molecular flexibility index (Phi) is 3.10. The van der Waals surface area contributed by atoms with Gasteiger partial charge in [0.15, 0.2) is 0 Å². The normalized spacial score (nSPS) is 10.2. The summed E-state index contributed by atoms with van der Waals surface area (Å²) in [5.74, 6) is -0.198. The Morgan fingerprint density at radius 1 is 1.47 bits per heavy atom. The molecule has 0 aliphatic heterocycles. The van der Waals surface area contributed by atoms with Crippen molar-refractivity contribution in [2.45, 2.75) is 6.92 Å². The molecule has 0 spiro atoms. The largest absolute Gasteiger partial charge is 0.497 e. The Hall–Kier alpha value is -1.88. The average Bonchev–Trinajstić information content (AvgIpc) is 2.77. The van der Waals surface area contributed by atoms with Gasteiger partial charge in [0, 0.05) is 5.56 Å². The quantitative estimate of drug-likeness (QED) is 0.908. The standard InChI is InChI=1S/C12H11NO3S/c1-7-5-8(16-2)3-4-9(7)10-11(12(14)15)17-6-13-10/h3-6H,1-2H3,(H,14,15). The van der Waals surface area contributed by atoms with Gasteiger partial charge in [-0.25, -0.2) is 9.78 Å². The number of methoxy groups -OCH3 is 1. The SMILES string of the molecule is COc1ccc(-c2ncsc2C(=O)O)c(C)c1. The van der Waals surface area contributed by atoms with Gasteiger partial charge >= 0.3 is 5.97 Å². The lowest BCUT2D eigenvalue weighted by molar-refractivity contribution is 0.0702. The van der Waals surface area contributed by atoms with Gasteiger partial charge in [-0.15, -0.1) is 11.3 Å². The summed E-state index contributed by atoms with van der Waals surface area (Å²) in [6, 6.07) is 5.49. The highest BCUT2D eigenvalue weighted by atomic mass is 32.1. The minimum Gasteiger partial charge on any atom is -0.497 e. The summed E-state index contributed by atoms with van der Waals surface area (Å²) in [5.41, 5.74) is 3.83. The van der Waals surface area contributed by atoms with Crippen molar-refractivity contribution in [3.8, 4) is 17.0 Å². The van der Waals surface area contributed by atoms with E-state index in [1.54, 1.807) is 18.7 Å². The summed E-state index contributed by atoms with van der Waals surface area (Å²) in [6.45, 7) is 1.91. The number of aromatic nitrogens is 1. The number of thiazole rings is 1. The molecule has 0 radical (unpaired) electrons. The third-order valence-electron chi connectivity index (χ3n) is 2.45. The monoisotopic (exact) mass is 249 g/mol. The fourth-order valence-electron chi connectivity index (χ4n) is 1.62. The van der Waals surface area contributed by atoms with E-state index in [0.717, 1.165) is 28.2 Å². The van der Waals surface area contributed by atoms with Crippen LogP contribution >= 0.6 is 11.3 Å². The van der Waals surface area contributed by atoms with Gasteiger partial charge in [-0.05, 0) is 30.7 Å². The van der Waals surface area contributed by atoms with Crippen molar-refractivity contribution in [3.63, 3.8) is 0 Å². The van der Waals surface area contributed by atoms with Crippen LogP contribution < -0.4 is 4.74 Å². The molecule has 1 aromatic carbocycles. The molecule has 2 aromatic rings. The molecule has 5 heteroatoms. The zero-order valence-corrected chi connectivity index (χ0v) is 10.2. The maximum Gasteiger partial charge on any atom is 0.348 e. The van der Waals surface area contributed by atoms with Gasteiger partial charge in [-0.3, -0.25) is 0 Å². The first-order chi connectivity index (χ1) is 8.13. The van der Waals surface area contributed by atoms with Crippen LogP contribution in [0.4, 0.5) is 0 Å². The van der Waals surface area contributed by atoms with Gasteiger partial charge < -0.3 is 9.84 Å². The Morgan fingerprint density at radius 2 is 2.24 bits per heavy atom. The molecule has 0 bridgehead atoms. The molecule has 1 aromatic heterocycles. The molecule has 17 heavy (non-hydrogen) atoms. The highest BCUT2D eigenvalue weighted by Gasteiger charge is 2.16. The number of aryl methyl sites for hydroxylation is 1. The van der Waals surface area contributed by atoms with Gasteiger partial charge in [0.25, 0.3) is 0 Å². The molecule has 88 valence electrons. The maximum absolute atomic E-state index is 11.0. The van der Waals surface area contributed by atoms with E-state index in [0.29, 0.717) is 5.69 Å². The molecule has 0 amide bonds. The number of hydrogen-bond acceptors (Lipinski definition) is 4. The third-order valence-corrected chi connectivity index (χ3v) is 3.26. The summed E-state index contributed by atoms with van der Waals surface area (Å²) < 4.78 is 5.11. The van der Waals surface area contributed by atoms with Crippen molar-refractivity contribution < 1.29 is 14.6 Å². The highest BCUT2D eigenvalue weighted by Crippen LogP contribution is 2.30. The number of hydrogen-bond donors (Lipinski definition) is 1. The van der Waals surface area contributed by atoms with E-state index in [1.807, 2.05) is 19.1 Å². The van der Waals surface area contributed by atoms with Crippen LogP contribution in [0.5, 0.6) is 5.75 Å². The molecular weight excluding hydrogens is 238 g/mol. The number of ether oxygens (including phenoxy) is 1. The average molecular weight is 249 g/mol. The van der Waals surface area contributed by atoms with E-state index in [-0.39, 0.29) is 4.88 Å². The van der Waals surface area contributed by atoms with E-state index in [2.05, 4.69) is 4.98 Å². The second kappa shape index (κ2) is 4.55. The molecule has 0 unspecified atom stereocenters. The molecule has 0 saturated heterocycles. The Morgan fingerprint density at radius 3 is 2.82 bits per heavy atom. The predicted octanol–water partition coefficient (Wildman–Crippen LogP) is 2.83. The number of carbonyl (C=O) groups is 1. The van der Waals surface area contributed by atoms with Crippen LogP contribution in [0.25, 0.3) is 11.3 Å². The fourth-order valence-corrected chi connectivity index (χ4v) is 2.26. The van der Waals surface area contributed by atoms with E-state index in [1.165, 1.54) is 0 Å². The van der Waals surface area contributed by atoms with Crippen LogP contribution in [0.3, 0.4) is 0 Å². The zero-order valence-electron chi connectivity index (χ0n) is 9.43. The second-order valence-electron chi connectivity index (χ2n) is 3.52. The summed E-state index contributed by atoms with van der Waals surface area (Å²) in [7, 11) is 1.60. The van der Waals surface area contributed by atoms with Gasteiger partial charge in [-0.2, -0.15) is 0 Å². The van der Waals surface area contributed by atoms with E-state index in [4.69, 9.17) is 9.84 Å². The molecule has 0 aliphatic rings. The zero-order chi connectivity index (χ0) is 12.4. The van der Waals surface area contributed by atoms with Crippen LogP contribution in [-0.2, 0) is 0 Å². The number of aromatic carboxylic acids is 1. The van der Waals surface area contributed by atoms with Crippen LogP contribution in [0.1, 0.15) is 15.2 Å². The van der Waals surface area contributed by atoms with Crippen molar-refractivity contribution in [2.75, 3.05) is 7.11 Å². The Balaban J connectivity index is 2.53. The minimum atomic E-state index is -0.947. The smallest absolute Gasteiger partial charge is 0.348 e. The summed E-state index contributed by atoms with van der Waals surface area (Å²) in [6.07, 6.45) is 0. The van der Waals surface area contributed by atoms with Crippen molar-refractivity contribution >= 4 is 17.3 Å². The second-order valence-corrected chi connectivity index (χ2v) is 4.37. The van der Waals surface area contributed by atoms with Gasteiger partial charge in [0.2, 0.25) is 0 Å². The predicted molar refractivity (Wildman–Crippen MR) is 65.8 cm³/mol. The lowest BCUT2D eigenvalue weighted by Gasteiger charge is -2.06. The van der Waals surface area contributed by atoms with Gasteiger partial charge in [0.1, 0.15) is 10.6 Å². The molecular formula is C12H11NO3S. The van der Waals surface area contributed by atoms with Crippen LogP contribution in [0.15, 0.2) is 23.7 Å². The number of nitrogens with zero attached hydrogens (tertiary/aromatic N) is 1. The molecule has 0 aliphatic carbocycles. The van der Waals surface area contributed by atoms with E-state index >= 15 is 0 Å². The lowest BCUT2D eigenvalue weighted by Crippen LogP contribution is -1.97. The summed E-state index contributed by atoms with van der Waals surface area (Å²) in [4.78, 5) is 15.4. The molecule has 4 nitrogen and oxygen atoms in total. The molecule has 0 atom stereocenters.